The van der Waals surface area contributed by atoms with Crippen molar-refractivity contribution in [1.29, 1.82) is 0 Å². The van der Waals surface area contributed by atoms with E-state index in [-0.39, 0.29) is 0 Å². The highest BCUT2D eigenvalue weighted by molar-refractivity contribution is 5.65. The van der Waals surface area contributed by atoms with Crippen molar-refractivity contribution < 1.29 is 4.74 Å². The fraction of sp³-hybridized carbons (Fsp3) is 0.615. The molecule has 1 aromatic heterocycles. The number of hydrogen-bond donors (Lipinski definition) is 0. The van der Waals surface area contributed by atoms with E-state index in [9.17, 15) is 0 Å². The van der Waals surface area contributed by atoms with Crippen LogP contribution in [0.25, 0.3) is 11.4 Å². The van der Waals surface area contributed by atoms with Gasteiger partial charge in [-0.3, -0.25) is 4.90 Å². The molecule has 4 heterocycles. The summed E-state index contributed by atoms with van der Waals surface area (Å²) in [4.78, 5) is 19.8. The number of aromatic nitrogens is 2. The van der Waals surface area contributed by atoms with Gasteiger partial charge in [0.1, 0.15) is 5.82 Å². The van der Waals surface area contributed by atoms with Crippen molar-refractivity contribution in [2.75, 3.05) is 89.0 Å². The van der Waals surface area contributed by atoms with Crippen LogP contribution in [0, 0.1) is 6.92 Å². The van der Waals surface area contributed by atoms with E-state index in [1.54, 1.807) is 0 Å². The second-order valence-electron chi connectivity index (χ2n) is 9.67. The summed E-state index contributed by atoms with van der Waals surface area (Å²) in [6.45, 7) is 13.8. The van der Waals surface area contributed by atoms with Crippen LogP contribution >= 0.6 is 0 Å². The smallest absolute Gasteiger partial charge is 0.161 e. The topological polar surface area (TPSA) is 48.0 Å². The molecule has 3 aliphatic heterocycles. The monoisotopic (exact) mass is 450 g/mol. The van der Waals surface area contributed by atoms with Crippen LogP contribution in [-0.4, -0.2) is 98.9 Å². The molecular formula is C26H38N6O. The van der Waals surface area contributed by atoms with Gasteiger partial charge in [0.25, 0.3) is 0 Å². The summed E-state index contributed by atoms with van der Waals surface area (Å²) in [5.41, 5.74) is 4.87. The fourth-order valence-electron chi connectivity index (χ4n) is 5.18. The van der Waals surface area contributed by atoms with Crippen LogP contribution < -0.4 is 9.80 Å². The average molecular weight is 451 g/mol. The first-order valence-electron chi connectivity index (χ1n) is 12.6. The number of likely N-dealkylation sites (N-methyl/N-ethyl adjacent to an activating group) is 1. The van der Waals surface area contributed by atoms with Gasteiger partial charge < -0.3 is 19.4 Å². The van der Waals surface area contributed by atoms with Crippen LogP contribution in [0.15, 0.2) is 24.3 Å². The second kappa shape index (κ2) is 10.4. The van der Waals surface area contributed by atoms with Gasteiger partial charge in [0, 0.05) is 74.9 Å². The van der Waals surface area contributed by atoms with Crippen molar-refractivity contribution in [2.45, 2.75) is 26.2 Å². The average Bonchev–Trinajstić information content (AvgIpc) is 3.27. The number of nitrogens with zero attached hydrogens (tertiary/aromatic N) is 6. The number of aryl methyl sites for hydroxylation is 1. The molecule has 178 valence electrons. The number of anilines is 2. The summed E-state index contributed by atoms with van der Waals surface area (Å²) in [5.74, 6) is 2.02. The van der Waals surface area contributed by atoms with Gasteiger partial charge in [-0.1, -0.05) is 0 Å². The molecule has 0 atom stereocenters. The number of piperazine rings is 1. The first kappa shape index (κ1) is 22.6. The zero-order valence-corrected chi connectivity index (χ0v) is 20.3. The normalized spacial score (nSPS) is 19.8. The quantitative estimate of drug-likeness (QED) is 0.601. The lowest BCUT2D eigenvalue weighted by Gasteiger charge is -2.34. The zero-order valence-electron chi connectivity index (χ0n) is 20.3. The van der Waals surface area contributed by atoms with E-state index >= 15 is 0 Å². The Bertz CT molecular complexity index is 919. The third-order valence-electron chi connectivity index (χ3n) is 7.37. The number of rotatable bonds is 7. The molecule has 7 nitrogen and oxygen atoms in total. The van der Waals surface area contributed by atoms with E-state index < -0.39 is 0 Å². The highest BCUT2D eigenvalue weighted by Gasteiger charge is 2.24. The lowest BCUT2D eigenvalue weighted by molar-refractivity contribution is 0.0372. The molecule has 7 heteroatoms. The molecule has 33 heavy (non-hydrogen) atoms. The molecule has 3 aliphatic rings. The second-order valence-corrected chi connectivity index (χ2v) is 9.67. The molecule has 2 saturated heterocycles. The largest absolute Gasteiger partial charge is 0.379 e. The van der Waals surface area contributed by atoms with Crippen molar-refractivity contribution in [3.05, 3.63) is 35.5 Å². The van der Waals surface area contributed by atoms with Gasteiger partial charge >= 0.3 is 0 Å². The number of hydrogen-bond acceptors (Lipinski definition) is 7. The molecule has 0 saturated carbocycles. The molecule has 0 unspecified atom stereocenters. The first-order chi connectivity index (χ1) is 16.2. The molecule has 0 aliphatic carbocycles. The molecule has 0 spiro atoms. The number of benzene rings is 1. The van der Waals surface area contributed by atoms with Crippen LogP contribution in [0.4, 0.5) is 11.5 Å². The predicted octanol–water partition coefficient (Wildman–Crippen LogP) is 2.68. The van der Waals surface area contributed by atoms with Crippen molar-refractivity contribution in [1.82, 2.24) is 19.8 Å². The van der Waals surface area contributed by atoms with Gasteiger partial charge in [0.2, 0.25) is 0 Å². The van der Waals surface area contributed by atoms with E-state index in [1.807, 2.05) is 0 Å². The molecule has 1 aromatic carbocycles. The molecule has 2 aromatic rings. The molecular weight excluding hydrogens is 412 g/mol. The third-order valence-corrected chi connectivity index (χ3v) is 7.37. The number of fused-ring (bicyclic) bond motifs is 1. The summed E-state index contributed by atoms with van der Waals surface area (Å²) in [6.07, 6.45) is 3.50. The molecule has 5 rings (SSSR count). The van der Waals surface area contributed by atoms with E-state index in [0.29, 0.717) is 0 Å². The van der Waals surface area contributed by atoms with Gasteiger partial charge in [0.15, 0.2) is 5.82 Å². The first-order valence-corrected chi connectivity index (χ1v) is 12.6. The van der Waals surface area contributed by atoms with Gasteiger partial charge in [0.05, 0.1) is 13.2 Å². The van der Waals surface area contributed by atoms with E-state index in [0.717, 1.165) is 94.9 Å². The van der Waals surface area contributed by atoms with Gasteiger partial charge in [-0.15, -0.1) is 0 Å². The maximum Gasteiger partial charge on any atom is 0.161 e. The minimum Gasteiger partial charge on any atom is -0.379 e. The van der Waals surface area contributed by atoms with Crippen molar-refractivity contribution >= 4 is 11.5 Å². The van der Waals surface area contributed by atoms with Crippen LogP contribution in [0.5, 0.6) is 0 Å². The SMILES string of the molecule is Cc1nc(-c2ccc(N3CCN(C)CC3)cc2)nc2c1CCN2CCCCN1CCOCC1. The van der Waals surface area contributed by atoms with Crippen molar-refractivity contribution in [3.63, 3.8) is 0 Å². The Kier molecular flexibility index (Phi) is 7.09. The summed E-state index contributed by atoms with van der Waals surface area (Å²) in [7, 11) is 2.20. The molecule has 0 bridgehead atoms. The maximum atomic E-state index is 5.46. The van der Waals surface area contributed by atoms with Crippen LogP contribution in [0.1, 0.15) is 24.1 Å². The molecule has 2 fully saturated rings. The van der Waals surface area contributed by atoms with Crippen molar-refractivity contribution in [3.8, 4) is 11.4 Å². The summed E-state index contributed by atoms with van der Waals surface area (Å²) in [6, 6.07) is 8.85. The molecule has 0 N–H and O–H groups in total. The minimum atomic E-state index is 0.858. The number of unbranched alkanes of at least 4 members (excludes halogenated alkanes) is 1. The lowest BCUT2D eigenvalue weighted by Crippen LogP contribution is -2.44. The summed E-state index contributed by atoms with van der Waals surface area (Å²) >= 11 is 0. The fourth-order valence-corrected chi connectivity index (χ4v) is 5.18. The number of morpholine rings is 1. The van der Waals surface area contributed by atoms with Crippen LogP contribution in [-0.2, 0) is 11.2 Å². The van der Waals surface area contributed by atoms with Crippen molar-refractivity contribution in [2.24, 2.45) is 0 Å². The molecule has 0 radical (unpaired) electrons. The Balaban J connectivity index is 1.22. The highest BCUT2D eigenvalue weighted by Crippen LogP contribution is 2.31. The lowest BCUT2D eigenvalue weighted by atomic mass is 10.1. The zero-order chi connectivity index (χ0) is 22.6. The summed E-state index contributed by atoms with van der Waals surface area (Å²) < 4.78 is 5.46. The Morgan fingerprint density at radius 3 is 2.33 bits per heavy atom. The van der Waals surface area contributed by atoms with E-state index in [1.165, 1.54) is 30.6 Å². The van der Waals surface area contributed by atoms with Crippen LogP contribution in [0.2, 0.25) is 0 Å². The van der Waals surface area contributed by atoms with Gasteiger partial charge in [-0.05, 0) is 64.0 Å². The summed E-state index contributed by atoms with van der Waals surface area (Å²) in [5, 5.41) is 0. The Labute approximate surface area is 198 Å². The number of ether oxygens (including phenoxy) is 1. The Morgan fingerprint density at radius 2 is 1.58 bits per heavy atom. The van der Waals surface area contributed by atoms with Crippen LogP contribution in [0.3, 0.4) is 0 Å². The minimum absolute atomic E-state index is 0.858. The Morgan fingerprint density at radius 1 is 0.848 bits per heavy atom. The van der Waals surface area contributed by atoms with Gasteiger partial charge in [-0.25, -0.2) is 9.97 Å². The van der Waals surface area contributed by atoms with E-state index in [4.69, 9.17) is 14.7 Å². The Hall–Kier alpha value is -2.22. The predicted molar refractivity (Wildman–Crippen MR) is 134 cm³/mol. The maximum absolute atomic E-state index is 5.46. The third kappa shape index (κ3) is 5.31. The standard InChI is InChI=1S/C26H38N6O/c1-21-24-9-12-32(11-4-3-10-30-17-19-33-20-18-30)26(24)28-25(27-21)22-5-7-23(8-6-22)31-15-13-29(2)14-16-31/h5-8H,3-4,9-20H2,1-2H3. The van der Waals surface area contributed by atoms with Gasteiger partial charge in [-0.2, -0.15) is 0 Å². The molecule has 0 amide bonds. The highest BCUT2D eigenvalue weighted by atomic mass is 16.5. The van der Waals surface area contributed by atoms with E-state index in [2.05, 4.69) is 57.8 Å².